The van der Waals surface area contributed by atoms with Gasteiger partial charge in [-0.15, -0.1) is 0 Å². The number of pyridine rings is 1. The van der Waals surface area contributed by atoms with Gasteiger partial charge in [0.15, 0.2) is 0 Å². The van der Waals surface area contributed by atoms with E-state index in [0.717, 1.165) is 24.6 Å². The van der Waals surface area contributed by atoms with Crippen molar-refractivity contribution in [2.75, 3.05) is 0 Å². The molecule has 1 aromatic heterocycles. The topological polar surface area (TPSA) is 59.1 Å². The van der Waals surface area contributed by atoms with Crippen molar-refractivity contribution in [3.05, 3.63) is 36.5 Å². The van der Waals surface area contributed by atoms with Gasteiger partial charge in [-0.2, -0.15) is 0 Å². The Morgan fingerprint density at radius 3 is 2.55 bits per heavy atom. The minimum atomic E-state index is -3.55. The van der Waals surface area contributed by atoms with Crippen molar-refractivity contribution < 1.29 is 8.42 Å². The molecular formula is C17H24N2O2S. The summed E-state index contributed by atoms with van der Waals surface area (Å²) in [6.45, 7) is 6.27. The lowest BCUT2D eigenvalue weighted by Crippen LogP contribution is -2.32. The molecule has 22 heavy (non-hydrogen) atoms. The highest BCUT2D eigenvalue weighted by molar-refractivity contribution is 7.89. The van der Waals surface area contributed by atoms with Gasteiger partial charge >= 0.3 is 0 Å². The van der Waals surface area contributed by atoms with E-state index in [1.807, 2.05) is 19.1 Å². The van der Waals surface area contributed by atoms with Gasteiger partial charge in [-0.25, -0.2) is 13.1 Å². The second kappa shape index (κ2) is 7.20. The number of aromatic nitrogens is 1. The maximum Gasteiger partial charge on any atom is 0.242 e. The smallest absolute Gasteiger partial charge is 0.242 e. The molecule has 0 saturated heterocycles. The Labute approximate surface area is 133 Å². The molecule has 0 aliphatic carbocycles. The van der Waals surface area contributed by atoms with Crippen LogP contribution in [0.5, 0.6) is 0 Å². The van der Waals surface area contributed by atoms with E-state index in [9.17, 15) is 8.42 Å². The van der Waals surface area contributed by atoms with Crippen LogP contribution >= 0.6 is 0 Å². The Bertz CT molecular complexity index is 721. The van der Waals surface area contributed by atoms with E-state index in [0.29, 0.717) is 11.4 Å². The molecule has 0 fully saturated rings. The number of nitrogens with zero attached hydrogens (tertiary/aromatic N) is 1. The molecule has 0 amide bonds. The molecule has 0 aliphatic heterocycles. The van der Waals surface area contributed by atoms with Crippen LogP contribution in [-0.2, 0) is 10.0 Å². The van der Waals surface area contributed by atoms with Crippen molar-refractivity contribution in [1.29, 1.82) is 0 Å². The van der Waals surface area contributed by atoms with Gasteiger partial charge in [-0.3, -0.25) is 4.98 Å². The third kappa shape index (κ3) is 4.27. The summed E-state index contributed by atoms with van der Waals surface area (Å²) in [5, 5.41) is 0.831. The number of hydrogen-bond acceptors (Lipinski definition) is 3. The first-order valence-electron chi connectivity index (χ1n) is 7.76. The fourth-order valence-corrected chi connectivity index (χ4v) is 3.97. The average Bonchev–Trinajstić information content (AvgIpc) is 2.45. The molecule has 1 unspecified atom stereocenters. The Morgan fingerprint density at radius 2 is 1.82 bits per heavy atom. The first-order valence-corrected chi connectivity index (χ1v) is 9.24. The first-order chi connectivity index (χ1) is 10.4. The maximum absolute atomic E-state index is 12.6. The van der Waals surface area contributed by atoms with Gasteiger partial charge in [0.05, 0.1) is 5.52 Å². The SMILES string of the molecule is CC(C)CCCC(C)NS(=O)(=O)c1cccc2cccnc12. The number of benzene rings is 1. The summed E-state index contributed by atoms with van der Waals surface area (Å²) < 4.78 is 28.0. The average molecular weight is 320 g/mol. The number of sulfonamides is 1. The Kier molecular flexibility index (Phi) is 5.53. The Hall–Kier alpha value is -1.46. The van der Waals surface area contributed by atoms with Gasteiger partial charge < -0.3 is 0 Å². The van der Waals surface area contributed by atoms with Crippen LogP contribution in [0.4, 0.5) is 0 Å². The first kappa shape index (κ1) is 16.9. The lowest BCUT2D eigenvalue weighted by Gasteiger charge is -2.15. The predicted octanol–water partition coefficient (Wildman–Crippen LogP) is 3.73. The fraction of sp³-hybridized carbons (Fsp3) is 0.471. The second-order valence-electron chi connectivity index (χ2n) is 6.18. The number of para-hydroxylation sites is 1. The van der Waals surface area contributed by atoms with E-state index in [1.54, 1.807) is 24.4 Å². The van der Waals surface area contributed by atoms with Gasteiger partial charge in [-0.05, 0) is 31.4 Å². The second-order valence-corrected chi connectivity index (χ2v) is 7.86. The maximum atomic E-state index is 12.6. The summed E-state index contributed by atoms with van der Waals surface area (Å²) in [5.41, 5.74) is 0.520. The van der Waals surface area contributed by atoms with Crippen LogP contribution in [0, 0.1) is 5.92 Å². The largest absolute Gasteiger partial charge is 0.255 e. The van der Waals surface area contributed by atoms with Crippen molar-refractivity contribution in [3.63, 3.8) is 0 Å². The summed E-state index contributed by atoms with van der Waals surface area (Å²) in [4.78, 5) is 4.47. The van der Waals surface area contributed by atoms with E-state index < -0.39 is 10.0 Å². The third-order valence-electron chi connectivity index (χ3n) is 3.66. The zero-order valence-corrected chi connectivity index (χ0v) is 14.2. The van der Waals surface area contributed by atoms with E-state index in [2.05, 4.69) is 23.6 Å². The molecule has 0 radical (unpaired) electrons. The van der Waals surface area contributed by atoms with Crippen molar-refractivity contribution >= 4 is 20.9 Å². The molecular weight excluding hydrogens is 296 g/mol. The molecule has 1 aromatic carbocycles. The summed E-state index contributed by atoms with van der Waals surface area (Å²) in [6, 6.07) is 8.82. The van der Waals surface area contributed by atoms with Gasteiger partial charge in [0.1, 0.15) is 4.90 Å². The normalized spacial score (nSPS) is 13.6. The van der Waals surface area contributed by atoms with Gasteiger partial charge in [0.2, 0.25) is 10.0 Å². The highest BCUT2D eigenvalue weighted by Gasteiger charge is 2.20. The minimum Gasteiger partial charge on any atom is -0.255 e. The van der Waals surface area contributed by atoms with Crippen LogP contribution in [0.1, 0.15) is 40.0 Å². The van der Waals surface area contributed by atoms with Crippen LogP contribution in [0.3, 0.4) is 0 Å². The third-order valence-corrected chi connectivity index (χ3v) is 5.28. The molecule has 5 heteroatoms. The summed E-state index contributed by atoms with van der Waals surface area (Å²) in [6.07, 6.45) is 4.60. The lowest BCUT2D eigenvalue weighted by molar-refractivity contribution is 0.488. The van der Waals surface area contributed by atoms with Crippen molar-refractivity contribution in [2.45, 2.75) is 51.0 Å². The van der Waals surface area contributed by atoms with E-state index in [-0.39, 0.29) is 10.9 Å². The van der Waals surface area contributed by atoms with Crippen LogP contribution < -0.4 is 4.72 Å². The molecule has 1 heterocycles. The molecule has 120 valence electrons. The van der Waals surface area contributed by atoms with Crippen molar-refractivity contribution in [1.82, 2.24) is 9.71 Å². The molecule has 2 rings (SSSR count). The summed E-state index contributed by atoms with van der Waals surface area (Å²) in [7, 11) is -3.55. The van der Waals surface area contributed by atoms with Gasteiger partial charge in [0.25, 0.3) is 0 Å². The van der Waals surface area contributed by atoms with E-state index >= 15 is 0 Å². The lowest BCUT2D eigenvalue weighted by atomic mass is 10.0. The molecule has 0 saturated carbocycles. The van der Waals surface area contributed by atoms with Crippen molar-refractivity contribution in [2.24, 2.45) is 5.92 Å². The number of nitrogens with one attached hydrogen (secondary N) is 1. The Balaban J connectivity index is 2.15. The molecule has 4 nitrogen and oxygen atoms in total. The summed E-state index contributed by atoms with van der Waals surface area (Å²) >= 11 is 0. The molecule has 2 aromatic rings. The zero-order valence-electron chi connectivity index (χ0n) is 13.4. The number of rotatable bonds is 7. The number of fused-ring (bicyclic) bond motifs is 1. The molecule has 0 aliphatic rings. The van der Waals surface area contributed by atoms with Crippen molar-refractivity contribution in [3.8, 4) is 0 Å². The molecule has 0 spiro atoms. The molecule has 1 atom stereocenters. The minimum absolute atomic E-state index is 0.0808. The molecule has 0 bridgehead atoms. The highest BCUT2D eigenvalue weighted by Crippen LogP contribution is 2.21. The van der Waals surface area contributed by atoms with Gasteiger partial charge in [-0.1, -0.05) is 44.9 Å². The van der Waals surface area contributed by atoms with E-state index in [4.69, 9.17) is 0 Å². The highest BCUT2D eigenvalue weighted by atomic mass is 32.2. The predicted molar refractivity (Wildman–Crippen MR) is 90.2 cm³/mol. The number of hydrogen-bond donors (Lipinski definition) is 1. The molecule has 1 N–H and O–H groups in total. The van der Waals surface area contributed by atoms with Crippen LogP contribution in [-0.4, -0.2) is 19.4 Å². The summed E-state index contributed by atoms with van der Waals surface area (Å²) in [5.74, 6) is 0.645. The van der Waals surface area contributed by atoms with Crippen LogP contribution in [0.2, 0.25) is 0 Å². The Morgan fingerprint density at radius 1 is 1.09 bits per heavy atom. The van der Waals surface area contributed by atoms with Crippen LogP contribution in [0.25, 0.3) is 10.9 Å². The zero-order chi connectivity index (χ0) is 16.2. The van der Waals surface area contributed by atoms with Gasteiger partial charge in [0, 0.05) is 17.6 Å². The quantitative estimate of drug-likeness (QED) is 0.845. The fourth-order valence-electron chi connectivity index (χ4n) is 2.51. The van der Waals surface area contributed by atoms with E-state index in [1.165, 1.54) is 0 Å². The monoisotopic (exact) mass is 320 g/mol. The standard InChI is InChI=1S/C17H24N2O2S/c1-13(2)7-4-8-14(3)19-22(20,21)16-11-5-9-15-10-6-12-18-17(15)16/h5-6,9-14,19H,4,7-8H2,1-3H3. The van der Waals surface area contributed by atoms with Crippen LogP contribution in [0.15, 0.2) is 41.4 Å².